The molecule has 4 heterocycles. The molecule has 4 N–H and O–H groups in total. The highest BCUT2D eigenvalue weighted by Gasteiger charge is 2.44. The van der Waals surface area contributed by atoms with Crippen LogP contribution in [0.15, 0.2) is 60.9 Å². The van der Waals surface area contributed by atoms with Crippen LogP contribution in [0.2, 0.25) is 0 Å². The molecule has 54 heavy (non-hydrogen) atoms. The molecule has 2 saturated heterocycles. The van der Waals surface area contributed by atoms with Crippen LogP contribution >= 0.6 is 0 Å². The van der Waals surface area contributed by atoms with Gasteiger partial charge in [-0.15, -0.1) is 0 Å². The summed E-state index contributed by atoms with van der Waals surface area (Å²) in [5, 5.41) is 5.51. The Morgan fingerprint density at radius 1 is 0.611 bits per heavy atom. The molecule has 14 heteroatoms. The second kappa shape index (κ2) is 15.0. The van der Waals surface area contributed by atoms with Crippen LogP contribution in [0.1, 0.15) is 75.1 Å². The van der Waals surface area contributed by atoms with Crippen molar-refractivity contribution in [1.82, 2.24) is 40.4 Å². The number of benzene rings is 2. The molecular formula is C40H46N8O6. The maximum Gasteiger partial charge on any atom is 0.407 e. The predicted octanol–water partition coefficient (Wildman–Crippen LogP) is 5.73. The third kappa shape index (κ3) is 7.29. The van der Waals surface area contributed by atoms with E-state index in [0.717, 1.165) is 96.7 Å². The number of rotatable bonds is 11. The van der Waals surface area contributed by atoms with Crippen LogP contribution in [-0.4, -0.2) is 93.1 Å². The normalized spacial score (nSPS) is 20.7. The van der Waals surface area contributed by atoms with E-state index in [-0.39, 0.29) is 35.7 Å². The summed E-state index contributed by atoms with van der Waals surface area (Å²) in [5.74, 6) is 1.63. The summed E-state index contributed by atoms with van der Waals surface area (Å²) < 4.78 is 9.56. The maximum atomic E-state index is 13.6. The number of carbonyl (C=O) groups is 4. The summed E-state index contributed by atoms with van der Waals surface area (Å²) in [4.78, 5) is 71.0. The van der Waals surface area contributed by atoms with Gasteiger partial charge >= 0.3 is 12.2 Å². The van der Waals surface area contributed by atoms with Crippen molar-refractivity contribution in [2.24, 2.45) is 11.8 Å². The van der Waals surface area contributed by atoms with Crippen molar-refractivity contribution in [3.8, 4) is 33.6 Å². The summed E-state index contributed by atoms with van der Waals surface area (Å²) in [7, 11) is 2.62. The fraction of sp³-hybridized carbons (Fsp3) is 0.450. The Balaban J connectivity index is 0.911. The third-order valence-electron chi connectivity index (χ3n) is 11.3. The lowest BCUT2D eigenvalue weighted by Gasteiger charge is -2.28. The number of amides is 4. The highest BCUT2D eigenvalue weighted by molar-refractivity contribution is 5.87. The molecule has 4 amide bonds. The van der Waals surface area contributed by atoms with Gasteiger partial charge in [0.15, 0.2) is 0 Å². The number of methoxy groups -OCH3 is 2. The van der Waals surface area contributed by atoms with E-state index < -0.39 is 24.3 Å². The van der Waals surface area contributed by atoms with Crippen molar-refractivity contribution < 1.29 is 28.7 Å². The molecule has 282 valence electrons. The van der Waals surface area contributed by atoms with Crippen LogP contribution in [0, 0.1) is 11.8 Å². The van der Waals surface area contributed by atoms with Crippen molar-refractivity contribution in [2.75, 3.05) is 27.3 Å². The highest BCUT2D eigenvalue weighted by Crippen LogP contribution is 2.39. The number of likely N-dealkylation sites (tertiary alicyclic amines) is 2. The van der Waals surface area contributed by atoms with E-state index >= 15 is 0 Å². The van der Waals surface area contributed by atoms with E-state index in [2.05, 4.69) is 79.1 Å². The van der Waals surface area contributed by atoms with Gasteiger partial charge < -0.3 is 39.9 Å². The Kier molecular flexibility index (Phi) is 9.82. The molecule has 4 aromatic rings. The molecule has 2 aromatic heterocycles. The van der Waals surface area contributed by atoms with E-state index in [1.165, 1.54) is 14.2 Å². The standard InChI is InChI=1S/C40H46N8O6/c1-53-39(51)45-33(27-15-16-27)37(49)47-19-3-5-31(47)35-41-21-29(43-35)25-11-7-23(8-12-25)24-9-13-26(14-10-24)30-22-42-36(44-30)32-6-4-20-48(32)38(50)34(28-17-18-28)46-40(52)54-2/h7-14,21-22,27-28,31-34H,3-6,15-20H2,1-2H3,(H,41,43)(H,42,44)(H,45,51)(H,46,52)/t31-,32-,33+,34+/m0/s1. The Hall–Kier alpha value is -5.66. The van der Waals surface area contributed by atoms with Gasteiger partial charge in [-0.3, -0.25) is 9.59 Å². The van der Waals surface area contributed by atoms with Gasteiger partial charge in [0, 0.05) is 13.1 Å². The Labute approximate surface area is 313 Å². The van der Waals surface area contributed by atoms with Gasteiger partial charge in [-0.1, -0.05) is 48.5 Å². The predicted molar refractivity (Wildman–Crippen MR) is 199 cm³/mol. The number of ether oxygens (including phenoxy) is 2. The lowest BCUT2D eigenvalue weighted by Crippen LogP contribution is -2.49. The first-order valence-corrected chi connectivity index (χ1v) is 18.9. The molecule has 2 aliphatic heterocycles. The number of nitrogens with zero attached hydrogens (tertiary/aromatic N) is 4. The summed E-state index contributed by atoms with van der Waals surface area (Å²) in [6.07, 6.45) is 9.48. The lowest BCUT2D eigenvalue weighted by atomic mass is 10.0. The number of hydrogen-bond acceptors (Lipinski definition) is 8. The molecule has 8 rings (SSSR count). The lowest BCUT2D eigenvalue weighted by molar-refractivity contribution is -0.135. The highest BCUT2D eigenvalue weighted by atomic mass is 16.5. The maximum absolute atomic E-state index is 13.6. The number of aromatic amines is 2. The van der Waals surface area contributed by atoms with E-state index in [4.69, 9.17) is 9.47 Å². The van der Waals surface area contributed by atoms with Gasteiger partial charge in [0.25, 0.3) is 0 Å². The van der Waals surface area contributed by atoms with Crippen LogP contribution in [-0.2, 0) is 19.1 Å². The number of carbonyl (C=O) groups excluding carboxylic acids is 4. The van der Waals surface area contributed by atoms with Crippen molar-refractivity contribution >= 4 is 24.0 Å². The topological polar surface area (TPSA) is 175 Å². The molecule has 14 nitrogen and oxygen atoms in total. The quantitative estimate of drug-likeness (QED) is 0.151. The zero-order valence-corrected chi connectivity index (χ0v) is 30.5. The molecule has 0 bridgehead atoms. The SMILES string of the molecule is COC(=O)N[C@@H](C(=O)N1CCC[C@H]1c1ncc(-c2ccc(-c3ccc(-c4cnc([C@@H]5CCCN5C(=O)[C@H](NC(=O)OC)C5CC5)[nH]4)cc3)cc2)[nH]1)C1CC1. The molecule has 2 aliphatic carbocycles. The molecule has 4 fully saturated rings. The minimum absolute atomic E-state index is 0.0766. The van der Waals surface area contributed by atoms with Crippen molar-refractivity contribution in [2.45, 2.75) is 75.5 Å². The smallest absolute Gasteiger partial charge is 0.407 e. The van der Waals surface area contributed by atoms with Gasteiger partial charge in [-0.25, -0.2) is 19.6 Å². The van der Waals surface area contributed by atoms with Gasteiger partial charge in [-0.05, 0) is 85.5 Å². The van der Waals surface area contributed by atoms with Crippen LogP contribution < -0.4 is 10.6 Å². The average molecular weight is 735 g/mol. The minimum atomic E-state index is -0.584. The fourth-order valence-corrected chi connectivity index (χ4v) is 7.97. The summed E-state index contributed by atoms with van der Waals surface area (Å²) in [6, 6.07) is 15.1. The Morgan fingerprint density at radius 2 is 0.981 bits per heavy atom. The van der Waals surface area contributed by atoms with E-state index in [1.807, 2.05) is 22.2 Å². The molecule has 2 saturated carbocycles. The first-order chi connectivity index (χ1) is 26.3. The Bertz CT molecular complexity index is 1860. The second-order valence-corrected chi connectivity index (χ2v) is 14.8. The number of aromatic nitrogens is 4. The van der Waals surface area contributed by atoms with Gasteiger partial charge in [0.05, 0.1) is 50.1 Å². The Morgan fingerprint density at radius 3 is 1.33 bits per heavy atom. The van der Waals surface area contributed by atoms with E-state index in [1.54, 1.807) is 0 Å². The zero-order valence-electron chi connectivity index (χ0n) is 30.5. The second-order valence-electron chi connectivity index (χ2n) is 14.8. The van der Waals surface area contributed by atoms with E-state index in [0.29, 0.717) is 13.1 Å². The molecule has 0 radical (unpaired) electrons. The molecule has 4 atom stereocenters. The number of hydrogen-bond donors (Lipinski definition) is 4. The minimum Gasteiger partial charge on any atom is -0.453 e. The summed E-state index contributed by atoms with van der Waals surface area (Å²) >= 11 is 0. The van der Waals surface area contributed by atoms with Gasteiger partial charge in [0.2, 0.25) is 11.8 Å². The molecule has 4 aliphatic rings. The number of imidazole rings is 2. The number of alkyl carbamates (subject to hydrolysis) is 2. The van der Waals surface area contributed by atoms with Gasteiger partial charge in [0.1, 0.15) is 23.7 Å². The van der Waals surface area contributed by atoms with Crippen LogP contribution in [0.3, 0.4) is 0 Å². The molecule has 0 spiro atoms. The molecular weight excluding hydrogens is 688 g/mol. The third-order valence-corrected chi connectivity index (χ3v) is 11.3. The van der Waals surface area contributed by atoms with Crippen molar-refractivity contribution in [1.29, 1.82) is 0 Å². The first kappa shape index (κ1) is 35.4. The number of nitrogens with one attached hydrogen (secondary N) is 4. The monoisotopic (exact) mass is 734 g/mol. The fourth-order valence-electron chi connectivity index (χ4n) is 7.97. The summed E-state index contributed by atoms with van der Waals surface area (Å²) in [6.45, 7) is 1.25. The largest absolute Gasteiger partial charge is 0.453 e. The van der Waals surface area contributed by atoms with E-state index in [9.17, 15) is 19.2 Å². The van der Waals surface area contributed by atoms with Crippen molar-refractivity contribution in [3.63, 3.8) is 0 Å². The molecule has 0 unspecified atom stereocenters. The average Bonchev–Trinajstić information content (AvgIpc) is 3.92. The zero-order chi connectivity index (χ0) is 37.3. The van der Waals surface area contributed by atoms with Crippen molar-refractivity contribution in [3.05, 3.63) is 72.6 Å². The van der Waals surface area contributed by atoms with Crippen LogP contribution in [0.5, 0.6) is 0 Å². The van der Waals surface area contributed by atoms with Gasteiger partial charge in [-0.2, -0.15) is 0 Å². The van der Waals surface area contributed by atoms with Crippen LogP contribution in [0.25, 0.3) is 33.6 Å². The molecule has 2 aromatic carbocycles. The summed E-state index contributed by atoms with van der Waals surface area (Å²) in [5.41, 5.74) is 5.86. The number of H-pyrrole nitrogens is 2. The van der Waals surface area contributed by atoms with Crippen LogP contribution in [0.4, 0.5) is 9.59 Å². The first-order valence-electron chi connectivity index (χ1n) is 18.9.